The molecule has 2 rings (SSSR count). The third-order valence-corrected chi connectivity index (χ3v) is 3.06. The van der Waals surface area contributed by atoms with Gasteiger partial charge in [-0.3, -0.25) is 4.98 Å². The van der Waals surface area contributed by atoms with Gasteiger partial charge in [-0.25, -0.2) is 4.98 Å². The van der Waals surface area contributed by atoms with Crippen LogP contribution in [0.3, 0.4) is 0 Å². The first-order valence-electron chi connectivity index (χ1n) is 4.75. The molecule has 1 N–H and O–H groups in total. The molecule has 0 radical (unpaired) electrons. The van der Waals surface area contributed by atoms with Gasteiger partial charge in [0.15, 0.2) is 0 Å². The average Bonchev–Trinajstić information content (AvgIpc) is 2.71. The second-order valence-corrected chi connectivity index (χ2v) is 4.30. The minimum atomic E-state index is -0.509. The summed E-state index contributed by atoms with van der Waals surface area (Å²) in [7, 11) is 0. The monoisotopic (exact) mass is 220 g/mol. The molecule has 3 nitrogen and oxygen atoms in total. The maximum atomic E-state index is 10.00. The van der Waals surface area contributed by atoms with E-state index in [0.717, 1.165) is 16.3 Å². The highest BCUT2D eigenvalue weighted by Crippen LogP contribution is 2.20. The predicted octanol–water partition coefficient (Wildman–Crippen LogP) is 2.12. The fourth-order valence-electron chi connectivity index (χ4n) is 1.48. The molecule has 0 fully saturated rings. The summed E-state index contributed by atoms with van der Waals surface area (Å²) in [4.78, 5) is 8.30. The molecule has 0 spiro atoms. The Morgan fingerprint density at radius 2 is 2.27 bits per heavy atom. The second kappa shape index (κ2) is 4.51. The predicted molar refractivity (Wildman–Crippen MR) is 59.8 cm³/mol. The first kappa shape index (κ1) is 10.3. The number of aliphatic hydroxyl groups excluding tert-OH is 1. The van der Waals surface area contributed by atoms with E-state index in [0.29, 0.717) is 6.42 Å². The van der Waals surface area contributed by atoms with Crippen LogP contribution in [-0.4, -0.2) is 15.1 Å². The van der Waals surface area contributed by atoms with E-state index in [9.17, 15) is 5.11 Å². The van der Waals surface area contributed by atoms with E-state index in [-0.39, 0.29) is 0 Å². The van der Waals surface area contributed by atoms with Crippen LogP contribution < -0.4 is 0 Å². The fraction of sp³-hybridized carbons (Fsp3) is 0.273. The molecular weight excluding hydrogens is 208 g/mol. The molecule has 0 saturated carbocycles. The summed E-state index contributed by atoms with van der Waals surface area (Å²) in [6, 6.07) is 3.74. The van der Waals surface area contributed by atoms with Crippen LogP contribution in [0, 0.1) is 6.92 Å². The van der Waals surface area contributed by atoms with Crippen LogP contribution in [0.25, 0.3) is 0 Å². The summed E-state index contributed by atoms with van der Waals surface area (Å²) < 4.78 is 0. The standard InChI is InChI=1S/C11H12N2OS/c1-8-9(3-2-4-12-8)10(14)7-11-13-5-6-15-11/h2-6,10,14H,7H2,1H3. The molecule has 15 heavy (non-hydrogen) atoms. The van der Waals surface area contributed by atoms with Crippen molar-refractivity contribution in [3.05, 3.63) is 46.2 Å². The van der Waals surface area contributed by atoms with Gasteiger partial charge in [0.25, 0.3) is 0 Å². The zero-order chi connectivity index (χ0) is 10.7. The van der Waals surface area contributed by atoms with Crippen molar-refractivity contribution in [1.82, 2.24) is 9.97 Å². The summed E-state index contributed by atoms with van der Waals surface area (Å²) >= 11 is 1.56. The largest absolute Gasteiger partial charge is 0.388 e. The van der Waals surface area contributed by atoms with Crippen molar-refractivity contribution in [3.63, 3.8) is 0 Å². The Balaban J connectivity index is 2.15. The Bertz CT molecular complexity index is 428. The van der Waals surface area contributed by atoms with Gasteiger partial charge in [0.1, 0.15) is 0 Å². The topological polar surface area (TPSA) is 46.0 Å². The SMILES string of the molecule is Cc1ncccc1C(O)Cc1nccs1. The summed E-state index contributed by atoms with van der Waals surface area (Å²) in [6.07, 6.45) is 3.53. The molecule has 2 aromatic heterocycles. The van der Waals surface area contributed by atoms with Crippen molar-refractivity contribution in [2.45, 2.75) is 19.4 Å². The zero-order valence-electron chi connectivity index (χ0n) is 8.42. The first-order valence-corrected chi connectivity index (χ1v) is 5.63. The quantitative estimate of drug-likeness (QED) is 0.861. The van der Waals surface area contributed by atoms with Gasteiger partial charge >= 0.3 is 0 Å². The van der Waals surface area contributed by atoms with Gasteiger partial charge in [-0.05, 0) is 13.0 Å². The lowest BCUT2D eigenvalue weighted by Gasteiger charge is -2.10. The van der Waals surface area contributed by atoms with Crippen molar-refractivity contribution < 1.29 is 5.11 Å². The van der Waals surface area contributed by atoms with Crippen LogP contribution in [0.2, 0.25) is 0 Å². The van der Waals surface area contributed by atoms with E-state index in [4.69, 9.17) is 0 Å². The fourth-order valence-corrected chi connectivity index (χ4v) is 2.13. The molecule has 1 unspecified atom stereocenters. The summed E-state index contributed by atoms with van der Waals surface area (Å²) in [6.45, 7) is 1.90. The van der Waals surface area contributed by atoms with Gasteiger partial charge in [-0.2, -0.15) is 0 Å². The number of hydrogen-bond donors (Lipinski definition) is 1. The van der Waals surface area contributed by atoms with Gasteiger partial charge < -0.3 is 5.11 Å². The van der Waals surface area contributed by atoms with E-state index in [1.807, 2.05) is 24.4 Å². The minimum Gasteiger partial charge on any atom is -0.388 e. The maximum Gasteiger partial charge on any atom is 0.0954 e. The summed E-state index contributed by atoms with van der Waals surface area (Å²) in [5.41, 5.74) is 1.76. The smallest absolute Gasteiger partial charge is 0.0954 e. The highest BCUT2D eigenvalue weighted by Gasteiger charge is 2.12. The van der Waals surface area contributed by atoms with Gasteiger partial charge in [0, 0.05) is 35.5 Å². The third-order valence-electron chi connectivity index (χ3n) is 2.26. The van der Waals surface area contributed by atoms with Gasteiger partial charge in [0.2, 0.25) is 0 Å². The lowest BCUT2D eigenvalue weighted by molar-refractivity contribution is 0.177. The molecule has 2 aromatic rings. The highest BCUT2D eigenvalue weighted by molar-refractivity contribution is 7.09. The molecule has 0 aliphatic carbocycles. The molecule has 2 heterocycles. The third kappa shape index (κ3) is 2.40. The molecule has 4 heteroatoms. The van der Waals surface area contributed by atoms with Crippen LogP contribution in [0.15, 0.2) is 29.9 Å². The number of hydrogen-bond acceptors (Lipinski definition) is 4. The Hall–Kier alpha value is -1.26. The Kier molecular flexibility index (Phi) is 3.08. The lowest BCUT2D eigenvalue weighted by Crippen LogP contribution is -2.04. The molecule has 0 bridgehead atoms. The molecule has 0 aliphatic heterocycles. The van der Waals surface area contributed by atoms with Crippen LogP contribution in [0.5, 0.6) is 0 Å². The normalized spacial score (nSPS) is 12.7. The van der Waals surface area contributed by atoms with Gasteiger partial charge in [-0.1, -0.05) is 6.07 Å². The Morgan fingerprint density at radius 1 is 1.40 bits per heavy atom. The second-order valence-electron chi connectivity index (χ2n) is 3.32. The number of thiazole rings is 1. The van der Waals surface area contributed by atoms with E-state index in [1.54, 1.807) is 23.7 Å². The van der Waals surface area contributed by atoms with Crippen LogP contribution in [0.1, 0.15) is 22.4 Å². The highest BCUT2D eigenvalue weighted by atomic mass is 32.1. The lowest BCUT2D eigenvalue weighted by atomic mass is 10.1. The van der Waals surface area contributed by atoms with E-state index >= 15 is 0 Å². The molecular formula is C11H12N2OS. The van der Waals surface area contributed by atoms with Gasteiger partial charge in [0.05, 0.1) is 11.1 Å². The maximum absolute atomic E-state index is 10.00. The summed E-state index contributed by atoms with van der Waals surface area (Å²) in [5, 5.41) is 12.9. The zero-order valence-corrected chi connectivity index (χ0v) is 9.24. The number of aromatic nitrogens is 2. The van der Waals surface area contributed by atoms with Crippen molar-refractivity contribution in [1.29, 1.82) is 0 Å². The first-order chi connectivity index (χ1) is 7.27. The number of pyridine rings is 1. The molecule has 0 amide bonds. The Labute approximate surface area is 92.5 Å². The van der Waals surface area contributed by atoms with Crippen molar-refractivity contribution in [2.24, 2.45) is 0 Å². The van der Waals surface area contributed by atoms with Gasteiger partial charge in [-0.15, -0.1) is 11.3 Å². The average molecular weight is 220 g/mol. The van der Waals surface area contributed by atoms with Crippen LogP contribution in [-0.2, 0) is 6.42 Å². The van der Waals surface area contributed by atoms with Crippen LogP contribution >= 0.6 is 11.3 Å². The minimum absolute atomic E-state index is 0.509. The van der Waals surface area contributed by atoms with E-state index in [2.05, 4.69) is 9.97 Å². The molecule has 78 valence electrons. The number of rotatable bonds is 3. The van der Waals surface area contributed by atoms with Crippen molar-refractivity contribution in [2.75, 3.05) is 0 Å². The number of aryl methyl sites for hydroxylation is 1. The number of aliphatic hydroxyl groups is 1. The molecule has 1 atom stereocenters. The molecule has 0 aromatic carbocycles. The molecule has 0 saturated heterocycles. The van der Waals surface area contributed by atoms with E-state index in [1.165, 1.54) is 0 Å². The summed E-state index contributed by atoms with van der Waals surface area (Å²) in [5.74, 6) is 0. The molecule has 0 aliphatic rings. The Morgan fingerprint density at radius 3 is 2.93 bits per heavy atom. The number of nitrogens with zero attached hydrogens (tertiary/aromatic N) is 2. The van der Waals surface area contributed by atoms with Crippen molar-refractivity contribution in [3.8, 4) is 0 Å². The van der Waals surface area contributed by atoms with Crippen LogP contribution in [0.4, 0.5) is 0 Å². The van der Waals surface area contributed by atoms with Crippen molar-refractivity contribution >= 4 is 11.3 Å². The van der Waals surface area contributed by atoms with E-state index < -0.39 is 6.10 Å².